The van der Waals surface area contributed by atoms with Gasteiger partial charge in [0.15, 0.2) is 5.76 Å². The molecule has 1 aliphatic rings. The predicted molar refractivity (Wildman–Crippen MR) is 74.3 cm³/mol. The fourth-order valence-corrected chi connectivity index (χ4v) is 2.85. The minimum atomic E-state index is 0.570. The quantitative estimate of drug-likeness (QED) is 0.817. The summed E-state index contributed by atoms with van der Waals surface area (Å²) >= 11 is 0. The van der Waals surface area contributed by atoms with Gasteiger partial charge in [0, 0.05) is 12.0 Å². The number of aromatic nitrogens is 1. The molecule has 1 fully saturated rings. The van der Waals surface area contributed by atoms with E-state index in [9.17, 15) is 0 Å². The van der Waals surface area contributed by atoms with Crippen molar-refractivity contribution in [2.45, 2.75) is 38.0 Å². The summed E-state index contributed by atoms with van der Waals surface area (Å²) in [6, 6.07) is 9.97. The Bertz CT molecular complexity index is 541. The molecule has 19 heavy (non-hydrogen) atoms. The second-order valence-corrected chi connectivity index (χ2v) is 5.15. The summed E-state index contributed by atoms with van der Waals surface area (Å²) < 4.78 is 10.9. The number of hydrogen-bond acceptors (Lipinski definition) is 3. The Morgan fingerprint density at radius 2 is 1.95 bits per heavy atom. The molecule has 0 bridgehead atoms. The first-order chi connectivity index (χ1) is 9.38. The van der Waals surface area contributed by atoms with Crippen LogP contribution in [0.3, 0.4) is 0 Å². The highest BCUT2D eigenvalue weighted by Gasteiger charge is 2.20. The second-order valence-electron chi connectivity index (χ2n) is 5.15. The van der Waals surface area contributed by atoms with E-state index in [2.05, 4.69) is 11.2 Å². The summed E-state index contributed by atoms with van der Waals surface area (Å²) in [6.45, 7) is 0. The van der Waals surface area contributed by atoms with Crippen molar-refractivity contribution in [2.24, 2.45) is 0 Å². The SMILES string of the molecule is COc1ccccc1-c1cc(C2CCCCC2)no1. The molecule has 0 spiro atoms. The van der Waals surface area contributed by atoms with Crippen molar-refractivity contribution in [1.29, 1.82) is 0 Å². The number of benzene rings is 1. The van der Waals surface area contributed by atoms with E-state index in [1.165, 1.54) is 32.1 Å². The first-order valence-electron chi connectivity index (χ1n) is 6.98. The highest BCUT2D eigenvalue weighted by Crippen LogP contribution is 2.36. The van der Waals surface area contributed by atoms with Gasteiger partial charge in [-0.05, 0) is 25.0 Å². The molecule has 0 N–H and O–H groups in total. The van der Waals surface area contributed by atoms with Crippen molar-refractivity contribution in [2.75, 3.05) is 7.11 Å². The van der Waals surface area contributed by atoms with Crippen LogP contribution in [0.15, 0.2) is 34.9 Å². The third-order valence-electron chi connectivity index (χ3n) is 3.92. The van der Waals surface area contributed by atoms with E-state index >= 15 is 0 Å². The molecule has 3 nitrogen and oxygen atoms in total. The molecule has 1 aromatic heterocycles. The lowest BCUT2D eigenvalue weighted by Crippen LogP contribution is -2.04. The van der Waals surface area contributed by atoms with E-state index in [1.54, 1.807) is 7.11 Å². The number of hydrogen-bond donors (Lipinski definition) is 0. The van der Waals surface area contributed by atoms with Gasteiger partial charge < -0.3 is 9.26 Å². The van der Waals surface area contributed by atoms with Gasteiger partial charge in [0.25, 0.3) is 0 Å². The normalized spacial score (nSPS) is 16.5. The highest BCUT2D eigenvalue weighted by molar-refractivity contribution is 5.65. The average Bonchev–Trinajstić information content (AvgIpc) is 2.98. The van der Waals surface area contributed by atoms with Crippen LogP contribution in [-0.2, 0) is 0 Å². The molecule has 1 aliphatic carbocycles. The molecule has 1 heterocycles. The zero-order chi connectivity index (χ0) is 13.1. The Labute approximate surface area is 113 Å². The zero-order valence-electron chi connectivity index (χ0n) is 11.3. The summed E-state index contributed by atoms with van der Waals surface area (Å²) in [5, 5.41) is 4.26. The number of ether oxygens (including phenoxy) is 1. The topological polar surface area (TPSA) is 35.3 Å². The molecule has 1 aromatic carbocycles. The van der Waals surface area contributed by atoms with E-state index in [-0.39, 0.29) is 0 Å². The van der Waals surface area contributed by atoms with Gasteiger partial charge in [-0.1, -0.05) is 36.6 Å². The smallest absolute Gasteiger partial charge is 0.170 e. The molecule has 0 unspecified atom stereocenters. The lowest BCUT2D eigenvalue weighted by Gasteiger charge is -2.18. The summed E-state index contributed by atoms with van der Waals surface area (Å²) in [7, 11) is 1.68. The molecule has 0 saturated heterocycles. The van der Waals surface area contributed by atoms with Crippen molar-refractivity contribution in [3.8, 4) is 17.1 Å². The molecule has 0 aliphatic heterocycles. The van der Waals surface area contributed by atoms with Crippen LogP contribution in [0.4, 0.5) is 0 Å². The van der Waals surface area contributed by atoms with Crippen LogP contribution in [0.5, 0.6) is 5.75 Å². The maximum absolute atomic E-state index is 5.52. The Balaban J connectivity index is 1.88. The van der Waals surface area contributed by atoms with Gasteiger partial charge in [0.2, 0.25) is 0 Å². The lowest BCUT2D eigenvalue weighted by atomic mass is 9.87. The first-order valence-corrected chi connectivity index (χ1v) is 6.98. The van der Waals surface area contributed by atoms with E-state index < -0.39 is 0 Å². The molecule has 100 valence electrons. The average molecular weight is 257 g/mol. The summed E-state index contributed by atoms with van der Waals surface area (Å²) in [5.74, 6) is 2.20. The fourth-order valence-electron chi connectivity index (χ4n) is 2.85. The van der Waals surface area contributed by atoms with Gasteiger partial charge in [-0.2, -0.15) is 0 Å². The number of nitrogens with zero attached hydrogens (tertiary/aromatic N) is 1. The largest absolute Gasteiger partial charge is 0.496 e. The molecule has 3 rings (SSSR count). The maximum atomic E-state index is 5.52. The molecule has 0 amide bonds. The third-order valence-corrected chi connectivity index (χ3v) is 3.92. The van der Waals surface area contributed by atoms with Crippen LogP contribution in [-0.4, -0.2) is 12.3 Å². The third kappa shape index (κ3) is 2.50. The molecular weight excluding hydrogens is 238 g/mol. The lowest BCUT2D eigenvalue weighted by molar-refractivity contribution is 0.382. The van der Waals surface area contributed by atoms with Crippen LogP contribution < -0.4 is 4.74 Å². The Morgan fingerprint density at radius 3 is 2.74 bits per heavy atom. The fraction of sp³-hybridized carbons (Fsp3) is 0.438. The van der Waals surface area contributed by atoms with E-state index in [0.29, 0.717) is 5.92 Å². The minimum Gasteiger partial charge on any atom is -0.496 e. The van der Waals surface area contributed by atoms with Crippen molar-refractivity contribution in [3.63, 3.8) is 0 Å². The first kappa shape index (κ1) is 12.3. The van der Waals surface area contributed by atoms with Crippen LogP contribution in [0, 0.1) is 0 Å². The molecule has 1 saturated carbocycles. The van der Waals surface area contributed by atoms with E-state index in [0.717, 1.165) is 22.8 Å². The minimum absolute atomic E-state index is 0.570. The van der Waals surface area contributed by atoms with Gasteiger partial charge in [0.05, 0.1) is 18.4 Å². The predicted octanol–water partition coefficient (Wildman–Crippen LogP) is 4.40. The van der Waals surface area contributed by atoms with Crippen LogP contribution >= 0.6 is 0 Å². The molecular formula is C16H19NO2. The summed E-state index contributed by atoms with van der Waals surface area (Å²) in [4.78, 5) is 0. The standard InChI is InChI=1S/C16H19NO2/c1-18-15-10-6-5-9-13(15)16-11-14(17-19-16)12-7-3-2-4-8-12/h5-6,9-12H,2-4,7-8H2,1H3. The molecule has 0 radical (unpaired) electrons. The summed E-state index contributed by atoms with van der Waals surface area (Å²) in [6.07, 6.45) is 6.44. The monoisotopic (exact) mass is 257 g/mol. The van der Waals surface area contributed by atoms with Gasteiger partial charge in [-0.3, -0.25) is 0 Å². The maximum Gasteiger partial charge on any atom is 0.170 e. The number of rotatable bonds is 3. The molecule has 2 aromatic rings. The van der Waals surface area contributed by atoms with Crippen molar-refractivity contribution in [3.05, 3.63) is 36.0 Å². The highest BCUT2D eigenvalue weighted by atomic mass is 16.5. The Kier molecular flexibility index (Phi) is 3.53. The Morgan fingerprint density at radius 1 is 1.16 bits per heavy atom. The Hall–Kier alpha value is -1.77. The van der Waals surface area contributed by atoms with E-state index in [4.69, 9.17) is 9.26 Å². The number of para-hydroxylation sites is 1. The van der Waals surface area contributed by atoms with Crippen molar-refractivity contribution >= 4 is 0 Å². The molecule has 0 atom stereocenters. The van der Waals surface area contributed by atoms with Crippen molar-refractivity contribution < 1.29 is 9.26 Å². The zero-order valence-corrected chi connectivity index (χ0v) is 11.3. The molecule has 3 heteroatoms. The number of methoxy groups -OCH3 is 1. The van der Waals surface area contributed by atoms with Crippen molar-refractivity contribution in [1.82, 2.24) is 5.16 Å². The van der Waals surface area contributed by atoms with Gasteiger partial charge in [0.1, 0.15) is 5.75 Å². The van der Waals surface area contributed by atoms with Crippen LogP contribution in [0.25, 0.3) is 11.3 Å². The van der Waals surface area contributed by atoms with Gasteiger partial charge >= 0.3 is 0 Å². The summed E-state index contributed by atoms with van der Waals surface area (Å²) in [5.41, 5.74) is 2.07. The van der Waals surface area contributed by atoms with Gasteiger partial charge in [-0.25, -0.2) is 0 Å². The van der Waals surface area contributed by atoms with Gasteiger partial charge in [-0.15, -0.1) is 0 Å². The van der Waals surface area contributed by atoms with Crippen LogP contribution in [0.1, 0.15) is 43.7 Å². The second kappa shape index (κ2) is 5.47. The van der Waals surface area contributed by atoms with Crippen LogP contribution in [0.2, 0.25) is 0 Å². The van der Waals surface area contributed by atoms with E-state index in [1.807, 2.05) is 24.3 Å².